The molecule has 2 atom stereocenters. The molecule has 2 rings (SSSR count). The van der Waals surface area contributed by atoms with Gasteiger partial charge in [0.25, 0.3) is 0 Å². The zero-order chi connectivity index (χ0) is 16.2. The summed E-state index contributed by atoms with van der Waals surface area (Å²) in [6.45, 7) is 9.32. The summed E-state index contributed by atoms with van der Waals surface area (Å²) in [4.78, 5) is 14.1. The molecule has 0 aromatic carbocycles. The van der Waals surface area contributed by atoms with Crippen LogP contribution in [0.15, 0.2) is 5.51 Å². The predicted octanol–water partition coefficient (Wildman–Crippen LogP) is 2.36. The van der Waals surface area contributed by atoms with E-state index in [1.54, 1.807) is 10.4 Å². The number of carbonyl (C=O) groups excluding carboxylic acids is 1. The Balaban J connectivity index is 1.92. The van der Waals surface area contributed by atoms with Crippen molar-refractivity contribution in [2.24, 2.45) is 0 Å². The van der Waals surface area contributed by atoms with Crippen LogP contribution in [0, 0.1) is 0 Å². The highest BCUT2D eigenvalue weighted by atomic mass is 32.1. The Kier molecular flexibility index (Phi) is 5.57. The van der Waals surface area contributed by atoms with E-state index in [9.17, 15) is 4.79 Å². The van der Waals surface area contributed by atoms with Crippen molar-refractivity contribution in [2.75, 3.05) is 25.1 Å². The molecular weight excluding hydrogens is 304 g/mol. The third-order valence-electron chi connectivity index (χ3n) is 3.21. The number of morpholine rings is 1. The molecule has 1 aromatic rings. The zero-order valence-electron chi connectivity index (χ0n) is 13.5. The molecule has 124 valence electrons. The van der Waals surface area contributed by atoms with Gasteiger partial charge in [0.15, 0.2) is 0 Å². The van der Waals surface area contributed by atoms with Gasteiger partial charge >= 0.3 is 6.09 Å². The molecule has 1 aliphatic heterocycles. The van der Waals surface area contributed by atoms with Crippen molar-refractivity contribution in [1.29, 1.82) is 0 Å². The minimum absolute atomic E-state index is 0.000906. The Morgan fingerprint density at radius 3 is 3.05 bits per heavy atom. The van der Waals surface area contributed by atoms with Gasteiger partial charge in [0.05, 0.1) is 19.3 Å². The number of hydrogen-bond acceptors (Lipinski definition) is 7. The lowest BCUT2D eigenvalue weighted by atomic mass is 10.1. The van der Waals surface area contributed by atoms with E-state index in [2.05, 4.69) is 22.4 Å². The summed E-state index contributed by atoms with van der Waals surface area (Å²) in [6, 6.07) is 0.156. The van der Waals surface area contributed by atoms with E-state index in [0.29, 0.717) is 19.8 Å². The maximum absolute atomic E-state index is 12.3. The van der Waals surface area contributed by atoms with Gasteiger partial charge in [-0.3, -0.25) is 0 Å². The maximum atomic E-state index is 12.3. The van der Waals surface area contributed by atoms with Crippen molar-refractivity contribution in [3.8, 4) is 0 Å². The molecule has 0 spiro atoms. The highest BCUT2D eigenvalue weighted by Crippen LogP contribution is 2.19. The van der Waals surface area contributed by atoms with Gasteiger partial charge in [-0.25, -0.2) is 4.79 Å². The van der Waals surface area contributed by atoms with Crippen LogP contribution in [0.2, 0.25) is 0 Å². The van der Waals surface area contributed by atoms with Crippen molar-refractivity contribution in [3.63, 3.8) is 0 Å². The molecule has 2 heterocycles. The number of nitrogens with one attached hydrogen (secondary N) is 1. The lowest BCUT2D eigenvalue weighted by molar-refractivity contribution is -0.0345. The van der Waals surface area contributed by atoms with Gasteiger partial charge in [-0.15, -0.1) is 10.2 Å². The van der Waals surface area contributed by atoms with E-state index in [-0.39, 0.29) is 18.2 Å². The molecule has 0 radical (unpaired) electrons. The Morgan fingerprint density at radius 1 is 1.64 bits per heavy atom. The second-order valence-corrected chi connectivity index (χ2v) is 7.26. The molecule has 1 amide bonds. The lowest BCUT2D eigenvalue weighted by Gasteiger charge is -2.37. The summed E-state index contributed by atoms with van der Waals surface area (Å²) in [7, 11) is 0. The molecule has 0 bridgehead atoms. The van der Waals surface area contributed by atoms with Gasteiger partial charge in [0.2, 0.25) is 5.13 Å². The van der Waals surface area contributed by atoms with E-state index in [1.807, 2.05) is 20.8 Å². The number of aromatic nitrogens is 2. The number of nitrogens with zero attached hydrogens (tertiary/aromatic N) is 3. The summed E-state index contributed by atoms with van der Waals surface area (Å²) >= 11 is 1.46. The minimum Gasteiger partial charge on any atom is -0.444 e. The summed E-state index contributed by atoms with van der Waals surface area (Å²) in [5.41, 5.74) is 1.20. The molecular formula is C14H24N4O3S. The summed E-state index contributed by atoms with van der Waals surface area (Å²) < 4.78 is 11.0. The van der Waals surface area contributed by atoms with Crippen LogP contribution in [0.3, 0.4) is 0 Å². The molecule has 7 nitrogen and oxygen atoms in total. The van der Waals surface area contributed by atoms with E-state index in [4.69, 9.17) is 9.47 Å². The SMILES string of the molecule is CC(CC1COCCN1C(=O)OC(C)(C)C)Nc1nncs1. The summed E-state index contributed by atoms with van der Waals surface area (Å²) in [5.74, 6) is 0. The van der Waals surface area contributed by atoms with Gasteiger partial charge in [-0.2, -0.15) is 0 Å². The van der Waals surface area contributed by atoms with Gasteiger partial charge < -0.3 is 19.7 Å². The Morgan fingerprint density at radius 2 is 2.41 bits per heavy atom. The standard InChI is InChI=1S/C14H24N4O3S/c1-10(16-12-17-15-9-22-12)7-11-8-20-6-5-18(11)13(19)21-14(2,3)4/h9-11H,5-8H2,1-4H3,(H,16,17). The fourth-order valence-electron chi connectivity index (χ4n) is 2.32. The average Bonchev–Trinajstić information content (AvgIpc) is 2.90. The number of rotatable bonds is 4. The van der Waals surface area contributed by atoms with E-state index in [1.165, 1.54) is 11.3 Å². The van der Waals surface area contributed by atoms with Crippen molar-refractivity contribution in [2.45, 2.75) is 51.8 Å². The Bertz CT molecular complexity index is 475. The molecule has 0 saturated carbocycles. The normalized spacial score (nSPS) is 20.5. The molecule has 22 heavy (non-hydrogen) atoms. The van der Waals surface area contributed by atoms with Crippen LogP contribution in [-0.4, -0.2) is 58.6 Å². The van der Waals surface area contributed by atoms with Crippen LogP contribution in [0.4, 0.5) is 9.93 Å². The molecule has 8 heteroatoms. The Labute approximate surface area is 135 Å². The first-order chi connectivity index (χ1) is 10.3. The molecule has 1 N–H and O–H groups in total. The number of amides is 1. The van der Waals surface area contributed by atoms with E-state index >= 15 is 0 Å². The first kappa shape index (κ1) is 17.0. The number of ether oxygens (including phenoxy) is 2. The van der Waals surface area contributed by atoms with Crippen molar-refractivity contribution < 1.29 is 14.3 Å². The van der Waals surface area contributed by atoms with Crippen LogP contribution in [-0.2, 0) is 9.47 Å². The summed E-state index contributed by atoms with van der Waals surface area (Å²) in [5, 5.41) is 11.8. The maximum Gasteiger partial charge on any atom is 0.410 e. The van der Waals surface area contributed by atoms with Crippen LogP contribution >= 0.6 is 11.3 Å². The first-order valence-electron chi connectivity index (χ1n) is 7.45. The molecule has 1 aromatic heterocycles. The highest BCUT2D eigenvalue weighted by Gasteiger charge is 2.31. The van der Waals surface area contributed by atoms with Gasteiger partial charge in [-0.1, -0.05) is 11.3 Å². The number of hydrogen-bond donors (Lipinski definition) is 1. The fourth-order valence-corrected chi connectivity index (χ4v) is 2.88. The molecule has 1 aliphatic rings. The molecule has 0 aliphatic carbocycles. The van der Waals surface area contributed by atoms with Crippen molar-refractivity contribution >= 4 is 22.6 Å². The third kappa shape index (κ3) is 5.10. The highest BCUT2D eigenvalue weighted by molar-refractivity contribution is 7.13. The van der Waals surface area contributed by atoms with Crippen LogP contribution in [0.25, 0.3) is 0 Å². The number of anilines is 1. The monoisotopic (exact) mass is 328 g/mol. The quantitative estimate of drug-likeness (QED) is 0.914. The largest absolute Gasteiger partial charge is 0.444 e. The molecule has 1 saturated heterocycles. The third-order valence-corrected chi connectivity index (χ3v) is 3.83. The lowest BCUT2D eigenvalue weighted by Crippen LogP contribution is -2.51. The van der Waals surface area contributed by atoms with Crippen LogP contribution in [0.1, 0.15) is 34.1 Å². The smallest absolute Gasteiger partial charge is 0.410 e. The minimum atomic E-state index is -0.490. The second-order valence-electron chi connectivity index (χ2n) is 6.43. The number of carbonyl (C=O) groups is 1. The summed E-state index contributed by atoms with van der Waals surface area (Å²) in [6.07, 6.45) is 0.489. The average molecular weight is 328 g/mol. The topological polar surface area (TPSA) is 76.6 Å². The van der Waals surface area contributed by atoms with Crippen molar-refractivity contribution in [3.05, 3.63) is 5.51 Å². The van der Waals surface area contributed by atoms with E-state index in [0.717, 1.165) is 11.6 Å². The first-order valence-corrected chi connectivity index (χ1v) is 8.33. The molecule has 2 unspecified atom stereocenters. The zero-order valence-corrected chi connectivity index (χ0v) is 14.4. The molecule has 1 fully saturated rings. The van der Waals surface area contributed by atoms with Crippen LogP contribution < -0.4 is 5.32 Å². The predicted molar refractivity (Wildman–Crippen MR) is 85.2 cm³/mol. The second kappa shape index (κ2) is 7.23. The van der Waals surface area contributed by atoms with Gasteiger partial charge in [-0.05, 0) is 34.1 Å². The van der Waals surface area contributed by atoms with Gasteiger partial charge in [0, 0.05) is 12.6 Å². The Hall–Kier alpha value is -1.41. The van der Waals surface area contributed by atoms with Crippen LogP contribution in [0.5, 0.6) is 0 Å². The van der Waals surface area contributed by atoms with E-state index < -0.39 is 5.60 Å². The fraction of sp³-hybridized carbons (Fsp3) is 0.786. The van der Waals surface area contributed by atoms with Crippen molar-refractivity contribution in [1.82, 2.24) is 15.1 Å². The van der Waals surface area contributed by atoms with Gasteiger partial charge in [0.1, 0.15) is 11.1 Å².